The first-order valence-electron chi connectivity index (χ1n) is 5.77. The SMILES string of the molecule is O=c1c2ccccc2oc2[nH]c3ccccc3c12. The molecule has 0 aliphatic carbocycles. The third-order valence-corrected chi connectivity index (χ3v) is 3.24. The molecule has 2 heterocycles. The molecule has 86 valence electrons. The standard InChI is InChI=1S/C15H9NO2/c17-14-10-6-2-4-8-12(10)18-15-13(14)9-5-1-3-7-11(9)16-15/h1-8,16H. The van der Waals surface area contributed by atoms with E-state index in [1.165, 1.54) is 0 Å². The number of rotatable bonds is 0. The van der Waals surface area contributed by atoms with E-state index in [2.05, 4.69) is 4.98 Å². The van der Waals surface area contributed by atoms with Crippen LogP contribution in [0.15, 0.2) is 57.7 Å². The minimum atomic E-state index is 0.0179. The fourth-order valence-electron chi connectivity index (χ4n) is 2.41. The largest absolute Gasteiger partial charge is 0.439 e. The first-order chi connectivity index (χ1) is 8.84. The van der Waals surface area contributed by atoms with E-state index in [0.29, 0.717) is 22.1 Å². The molecule has 0 spiro atoms. The highest BCUT2D eigenvalue weighted by atomic mass is 16.3. The first-order valence-corrected chi connectivity index (χ1v) is 5.77. The first kappa shape index (κ1) is 9.48. The molecule has 0 aliphatic heterocycles. The van der Waals surface area contributed by atoms with Gasteiger partial charge < -0.3 is 9.40 Å². The maximum atomic E-state index is 12.5. The van der Waals surface area contributed by atoms with Crippen molar-refractivity contribution in [2.45, 2.75) is 0 Å². The zero-order valence-corrected chi connectivity index (χ0v) is 9.44. The van der Waals surface area contributed by atoms with Crippen molar-refractivity contribution in [3.8, 4) is 0 Å². The van der Waals surface area contributed by atoms with Crippen LogP contribution in [0.3, 0.4) is 0 Å². The number of fused-ring (bicyclic) bond motifs is 4. The monoisotopic (exact) mass is 235 g/mol. The molecule has 4 aromatic rings. The van der Waals surface area contributed by atoms with Crippen molar-refractivity contribution in [2.24, 2.45) is 0 Å². The third kappa shape index (κ3) is 1.10. The summed E-state index contributed by atoms with van der Waals surface area (Å²) in [5.41, 5.74) is 2.09. The van der Waals surface area contributed by atoms with Gasteiger partial charge in [-0.1, -0.05) is 30.3 Å². The highest BCUT2D eigenvalue weighted by Gasteiger charge is 2.12. The molecule has 0 radical (unpaired) electrons. The van der Waals surface area contributed by atoms with Crippen LogP contribution in [0.2, 0.25) is 0 Å². The lowest BCUT2D eigenvalue weighted by Gasteiger charge is -1.96. The third-order valence-electron chi connectivity index (χ3n) is 3.24. The second kappa shape index (κ2) is 3.23. The van der Waals surface area contributed by atoms with E-state index in [-0.39, 0.29) is 5.43 Å². The van der Waals surface area contributed by atoms with Gasteiger partial charge in [0, 0.05) is 10.9 Å². The Hall–Kier alpha value is -2.55. The number of H-pyrrole nitrogens is 1. The van der Waals surface area contributed by atoms with Gasteiger partial charge in [-0.15, -0.1) is 0 Å². The molecule has 0 unspecified atom stereocenters. The van der Waals surface area contributed by atoms with Crippen molar-refractivity contribution < 1.29 is 4.42 Å². The van der Waals surface area contributed by atoms with Crippen LogP contribution < -0.4 is 5.43 Å². The molecule has 4 rings (SSSR count). The van der Waals surface area contributed by atoms with Gasteiger partial charge in [0.2, 0.25) is 11.1 Å². The van der Waals surface area contributed by atoms with Crippen molar-refractivity contribution in [1.82, 2.24) is 4.98 Å². The molecule has 1 N–H and O–H groups in total. The Labute approximate surface area is 102 Å². The highest BCUT2D eigenvalue weighted by molar-refractivity contribution is 6.07. The van der Waals surface area contributed by atoms with Gasteiger partial charge in [-0.3, -0.25) is 4.79 Å². The van der Waals surface area contributed by atoms with Crippen molar-refractivity contribution in [2.75, 3.05) is 0 Å². The Balaban J connectivity index is 2.39. The second-order valence-corrected chi connectivity index (χ2v) is 4.30. The Morgan fingerprint density at radius 2 is 1.61 bits per heavy atom. The molecule has 0 aliphatic rings. The molecule has 2 aromatic heterocycles. The molecule has 0 saturated carbocycles. The van der Waals surface area contributed by atoms with E-state index >= 15 is 0 Å². The average Bonchev–Trinajstić information content (AvgIpc) is 2.77. The average molecular weight is 235 g/mol. The van der Waals surface area contributed by atoms with Crippen molar-refractivity contribution in [1.29, 1.82) is 0 Å². The van der Waals surface area contributed by atoms with Gasteiger partial charge in [0.15, 0.2) is 0 Å². The number of aromatic amines is 1. The van der Waals surface area contributed by atoms with Crippen LogP contribution in [0.1, 0.15) is 0 Å². The molecular weight excluding hydrogens is 226 g/mol. The fourth-order valence-corrected chi connectivity index (χ4v) is 2.41. The summed E-state index contributed by atoms with van der Waals surface area (Å²) in [5.74, 6) is 0. The number of aromatic nitrogens is 1. The normalized spacial score (nSPS) is 11.6. The number of hydrogen-bond acceptors (Lipinski definition) is 2. The minimum absolute atomic E-state index is 0.0179. The van der Waals surface area contributed by atoms with Crippen LogP contribution in [0, 0.1) is 0 Å². The van der Waals surface area contributed by atoms with Gasteiger partial charge in [0.05, 0.1) is 10.8 Å². The molecule has 2 aromatic carbocycles. The summed E-state index contributed by atoms with van der Waals surface area (Å²) in [6.07, 6.45) is 0. The van der Waals surface area contributed by atoms with Crippen LogP contribution in [0.4, 0.5) is 0 Å². The van der Waals surface area contributed by atoms with Gasteiger partial charge in [-0.2, -0.15) is 0 Å². The molecule has 0 saturated heterocycles. The summed E-state index contributed by atoms with van der Waals surface area (Å²) in [6, 6.07) is 15.0. The van der Waals surface area contributed by atoms with Crippen LogP contribution in [-0.4, -0.2) is 4.98 Å². The smallest absolute Gasteiger partial charge is 0.209 e. The molecular formula is C15H9NO2. The summed E-state index contributed by atoms with van der Waals surface area (Å²) in [5, 5.41) is 2.16. The molecule has 0 fully saturated rings. The van der Waals surface area contributed by atoms with E-state index in [1.54, 1.807) is 6.07 Å². The number of nitrogens with one attached hydrogen (secondary N) is 1. The zero-order valence-electron chi connectivity index (χ0n) is 9.44. The Kier molecular flexibility index (Phi) is 1.70. The second-order valence-electron chi connectivity index (χ2n) is 4.30. The van der Waals surface area contributed by atoms with Crippen molar-refractivity contribution >= 4 is 33.0 Å². The molecule has 18 heavy (non-hydrogen) atoms. The Bertz CT molecular complexity index is 947. The van der Waals surface area contributed by atoms with E-state index in [4.69, 9.17) is 4.42 Å². The zero-order chi connectivity index (χ0) is 12.1. The summed E-state index contributed by atoms with van der Waals surface area (Å²) >= 11 is 0. The summed E-state index contributed by atoms with van der Waals surface area (Å²) in [7, 11) is 0. The summed E-state index contributed by atoms with van der Waals surface area (Å²) in [4.78, 5) is 15.6. The van der Waals surface area contributed by atoms with Crippen LogP contribution in [0.5, 0.6) is 0 Å². The molecule has 0 amide bonds. The van der Waals surface area contributed by atoms with Crippen molar-refractivity contribution in [3.05, 3.63) is 58.8 Å². The van der Waals surface area contributed by atoms with Gasteiger partial charge in [-0.25, -0.2) is 0 Å². The number of benzene rings is 2. The van der Waals surface area contributed by atoms with Gasteiger partial charge >= 0.3 is 0 Å². The topological polar surface area (TPSA) is 46.0 Å². The van der Waals surface area contributed by atoms with Crippen molar-refractivity contribution in [3.63, 3.8) is 0 Å². The van der Waals surface area contributed by atoms with E-state index in [1.807, 2.05) is 42.5 Å². The Morgan fingerprint density at radius 3 is 2.50 bits per heavy atom. The number of para-hydroxylation sites is 2. The maximum Gasteiger partial charge on any atom is 0.209 e. The van der Waals surface area contributed by atoms with Crippen LogP contribution >= 0.6 is 0 Å². The van der Waals surface area contributed by atoms with E-state index < -0.39 is 0 Å². The fraction of sp³-hybridized carbons (Fsp3) is 0. The lowest BCUT2D eigenvalue weighted by molar-refractivity contribution is 0.648. The lowest BCUT2D eigenvalue weighted by Crippen LogP contribution is -2.00. The predicted octanol–water partition coefficient (Wildman–Crippen LogP) is 3.43. The van der Waals surface area contributed by atoms with Gasteiger partial charge in [0.25, 0.3) is 0 Å². The lowest BCUT2D eigenvalue weighted by atomic mass is 10.1. The maximum absolute atomic E-state index is 12.5. The Morgan fingerprint density at radius 1 is 0.889 bits per heavy atom. The summed E-state index contributed by atoms with van der Waals surface area (Å²) < 4.78 is 5.76. The quantitative estimate of drug-likeness (QED) is 0.507. The molecule has 0 bridgehead atoms. The molecule has 3 nitrogen and oxygen atoms in total. The van der Waals surface area contributed by atoms with Crippen LogP contribution in [-0.2, 0) is 0 Å². The molecule has 3 heteroatoms. The van der Waals surface area contributed by atoms with Gasteiger partial charge in [0.1, 0.15) is 5.58 Å². The summed E-state index contributed by atoms with van der Waals surface area (Å²) in [6.45, 7) is 0. The highest BCUT2D eigenvalue weighted by Crippen LogP contribution is 2.25. The molecule has 0 atom stereocenters. The number of hydrogen-bond donors (Lipinski definition) is 1. The predicted molar refractivity (Wildman–Crippen MR) is 71.8 cm³/mol. The van der Waals surface area contributed by atoms with Crippen LogP contribution in [0.25, 0.3) is 33.0 Å². The minimum Gasteiger partial charge on any atom is -0.439 e. The van der Waals surface area contributed by atoms with E-state index in [0.717, 1.165) is 10.9 Å². The van der Waals surface area contributed by atoms with E-state index in [9.17, 15) is 4.79 Å². The van der Waals surface area contributed by atoms with Gasteiger partial charge in [-0.05, 0) is 18.2 Å².